The standard InChI is InChI=1S/C14H27Cl/c1-12(2)8-6-9-13(3)10-7-11-14(4,5)15/h10,12H,6-9,11H2,1-5H3. The fourth-order valence-corrected chi connectivity index (χ4v) is 1.66. The van der Waals surface area contributed by atoms with Crippen LogP contribution in [-0.2, 0) is 0 Å². The van der Waals surface area contributed by atoms with Gasteiger partial charge in [-0.3, -0.25) is 0 Å². The molecule has 1 heteroatoms. The molecule has 0 amide bonds. The molecular weight excluding hydrogens is 204 g/mol. The van der Waals surface area contributed by atoms with Crippen molar-refractivity contribution in [2.75, 3.05) is 0 Å². The smallest absolute Gasteiger partial charge is 0.0393 e. The van der Waals surface area contributed by atoms with Gasteiger partial charge in [-0.15, -0.1) is 11.6 Å². The molecular formula is C14H27Cl. The number of halogens is 1. The lowest BCUT2D eigenvalue weighted by Gasteiger charge is -2.13. The summed E-state index contributed by atoms with van der Waals surface area (Å²) in [6, 6.07) is 0. The minimum atomic E-state index is -0.0469. The molecule has 0 nitrogen and oxygen atoms in total. The largest absolute Gasteiger partial charge is 0.120 e. The first-order valence-corrected chi connectivity index (χ1v) is 6.53. The monoisotopic (exact) mass is 230 g/mol. The second-order valence-corrected chi connectivity index (χ2v) is 6.62. The van der Waals surface area contributed by atoms with Crippen LogP contribution in [0.2, 0.25) is 0 Å². The van der Waals surface area contributed by atoms with E-state index in [9.17, 15) is 0 Å². The number of allylic oxidation sites excluding steroid dienone is 2. The van der Waals surface area contributed by atoms with Gasteiger partial charge >= 0.3 is 0 Å². The number of hydrogen-bond donors (Lipinski definition) is 0. The average molecular weight is 231 g/mol. The molecule has 0 aromatic heterocycles. The van der Waals surface area contributed by atoms with Crippen molar-refractivity contribution < 1.29 is 0 Å². The molecule has 0 aromatic rings. The zero-order valence-corrected chi connectivity index (χ0v) is 11.8. The van der Waals surface area contributed by atoms with Gasteiger partial charge in [0.15, 0.2) is 0 Å². The van der Waals surface area contributed by atoms with Crippen molar-refractivity contribution in [1.29, 1.82) is 0 Å². The first-order chi connectivity index (χ1) is 6.81. The zero-order valence-electron chi connectivity index (χ0n) is 11.1. The fourth-order valence-electron chi connectivity index (χ4n) is 1.55. The van der Waals surface area contributed by atoms with Crippen molar-refractivity contribution in [2.45, 2.75) is 71.6 Å². The lowest BCUT2D eigenvalue weighted by atomic mass is 10.0. The van der Waals surface area contributed by atoms with Crippen LogP contribution < -0.4 is 0 Å². The van der Waals surface area contributed by atoms with Crippen molar-refractivity contribution in [3.05, 3.63) is 11.6 Å². The van der Waals surface area contributed by atoms with E-state index in [1.165, 1.54) is 24.8 Å². The summed E-state index contributed by atoms with van der Waals surface area (Å²) in [5.41, 5.74) is 1.52. The summed E-state index contributed by atoms with van der Waals surface area (Å²) in [5, 5.41) is 0. The SMILES string of the molecule is CC(=CCCC(C)(C)Cl)CCCC(C)C. The molecule has 0 aliphatic rings. The lowest BCUT2D eigenvalue weighted by Crippen LogP contribution is -2.08. The summed E-state index contributed by atoms with van der Waals surface area (Å²) in [6.45, 7) is 11.0. The third kappa shape index (κ3) is 12.0. The van der Waals surface area contributed by atoms with Gasteiger partial charge in [-0.05, 0) is 52.4 Å². The van der Waals surface area contributed by atoms with Crippen LogP contribution >= 0.6 is 11.6 Å². The van der Waals surface area contributed by atoms with Gasteiger partial charge in [-0.25, -0.2) is 0 Å². The first kappa shape index (κ1) is 15.0. The van der Waals surface area contributed by atoms with Gasteiger partial charge in [-0.1, -0.05) is 31.9 Å². The Morgan fingerprint density at radius 1 is 1.33 bits per heavy atom. The average Bonchev–Trinajstić information content (AvgIpc) is 2.00. The molecule has 0 spiro atoms. The van der Waals surface area contributed by atoms with Gasteiger partial charge in [0, 0.05) is 4.87 Å². The number of rotatable bonds is 7. The summed E-state index contributed by atoms with van der Waals surface area (Å²) in [5.74, 6) is 0.833. The Morgan fingerprint density at radius 2 is 1.93 bits per heavy atom. The molecule has 0 saturated carbocycles. The predicted octanol–water partition coefficient (Wildman–Crippen LogP) is 5.56. The van der Waals surface area contributed by atoms with Crippen LogP contribution in [0.1, 0.15) is 66.7 Å². The van der Waals surface area contributed by atoms with Crippen LogP contribution in [0.5, 0.6) is 0 Å². The van der Waals surface area contributed by atoms with Gasteiger partial charge in [0.25, 0.3) is 0 Å². The summed E-state index contributed by atoms with van der Waals surface area (Å²) >= 11 is 6.13. The highest BCUT2D eigenvalue weighted by molar-refractivity contribution is 6.23. The molecule has 0 heterocycles. The molecule has 0 bridgehead atoms. The maximum absolute atomic E-state index is 6.13. The van der Waals surface area contributed by atoms with E-state index in [1.54, 1.807) is 0 Å². The Kier molecular flexibility index (Phi) is 7.34. The maximum Gasteiger partial charge on any atom is 0.0393 e. The van der Waals surface area contributed by atoms with E-state index in [-0.39, 0.29) is 4.87 Å². The molecule has 0 radical (unpaired) electrons. The Balaban J connectivity index is 3.61. The summed E-state index contributed by atoms with van der Waals surface area (Å²) in [6.07, 6.45) is 8.45. The highest BCUT2D eigenvalue weighted by atomic mass is 35.5. The molecule has 0 unspecified atom stereocenters. The molecule has 0 aliphatic carbocycles. The van der Waals surface area contributed by atoms with Gasteiger partial charge in [0.1, 0.15) is 0 Å². The zero-order chi connectivity index (χ0) is 11.9. The van der Waals surface area contributed by atoms with Gasteiger partial charge in [0.05, 0.1) is 0 Å². The van der Waals surface area contributed by atoms with E-state index < -0.39 is 0 Å². The van der Waals surface area contributed by atoms with E-state index in [0.29, 0.717) is 0 Å². The van der Waals surface area contributed by atoms with Crippen molar-refractivity contribution in [3.63, 3.8) is 0 Å². The minimum Gasteiger partial charge on any atom is -0.120 e. The molecule has 0 rings (SSSR count). The van der Waals surface area contributed by atoms with Crippen molar-refractivity contribution in [3.8, 4) is 0 Å². The number of alkyl halides is 1. The van der Waals surface area contributed by atoms with Crippen LogP contribution in [0.25, 0.3) is 0 Å². The van der Waals surface area contributed by atoms with Gasteiger partial charge < -0.3 is 0 Å². The Morgan fingerprint density at radius 3 is 2.40 bits per heavy atom. The van der Waals surface area contributed by atoms with Gasteiger partial charge in [0.2, 0.25) is 0 Å². The third-order valence-electron chi connectivity index (χ3n) is 2.58. The van der Waals surface area contributed by atoms with E-state index >= 15 is 0 Å². The second-order valence-electron chi connectivity index (χ2n) is 5.59. The van der Waals surface area contributed by atoms with Crippen molar-refractivity contribution in [1.82, 2.24) is 0 Å². The fraction of sp³-hybridized carbons (Fsp3) is 0.857. The van der Waals surface area contributed by atoms with Crippen LogP contribution in [-0.4, -0.2) is 4.87 Å². The quantitative estimate of drug-likeness (QED) is 0.397. The van der Waals surface area contributed by atoms with E-state index in [4.69, 9.17) is 11.6 Å². The lowest BCUT2D eigenvalue weighted by molar-refractivity contribution is 0.553. The molecule has 0 fully saturated rings. The minimum absolute atomic E-state index is 0.0469. The topological polar surface area (TPSA) is 0 Å². The normalized spacial score (nSPS) is 13.7. The molecule has 0 aliphatic heterocycles. The molecule has 90 valence electrons. The summed E-state index contributed by atoms with van der Waals surface area (Å²) in [7, 11) is 0. The first-order valence-electron chi connectivity index (χ1n) is 6.16. The molecule has 0 N–H and O–H groups in total. The third-order valence-corrected chi connectivity index (χ3v) is 2.77. The van der Waals surface area contributed by atoms with Crippen LogP contribution in [0.15, 0.2) is 11.6 Å². The number of hydrogen-bond acceptors (Lipinski definition) is 0. The second kappa shape index (κ2) is 7.33. The highest BCUT2D eigenvalue weighted by Crippen LogP contribution is 2.21. The summed E-state index contributed by atoms with van der Waals surface area (Å²) in [4.78, 5) is -0.0469. The van der Waals surface area contributed by atoms with Gasteiger partial charge in [-0.2, -0.15) is 0 Å². The molecule has 0 atom stereocenters. The van der Waals surface area contributed by atoms with Crippen molar-refractivity contribution >= 4 is 11.6 Å². The Labute approximate surface area is 101 Å². The maximum atomic E-state index is 6.13. The highest BCUT2D eigenvalue weighted by Gasteiger charge is 2.10. The van der Waals surface area contributed by atoms with E-state index in [1.807, 2.05) is 0 Å². The van der Waals surface area contributed by atoms with Crippen LogP contribution in [0.3, 0.4) is 0 Å². The predicted molar refractivity (Wildman–Crippen MR) is 71.6 cm³/mol. The summed E-state index contributed by atoms with van der Waals surface area (Å²) < 4.78 is 0. The van der Waals surface area contributed by atoms with E-state index in [0.717, 1.165) is 18.8 Å². The molecule has 0 saturated heterocycles. The van der Waals surface area contributed by atoms with Crippen LogP contribution in [0, 0.1) is 5.92 Å². The van der Waals surface area contributed by atoms with E-state index in [2.05, 4.69) is 40.7 Å². The molecule has 0 aromatic carbocycles. The van der Waals surface area contributed by atoms with Crippen molar-refractivity contribution in [2.24, 2.45) is 5.92 Å². The molecule has 15 heavy (non-hydrogen) atoms. The Hall–Kier alpha value is 0.0300. The van der Waals surface area contributed by atoms with Crippen LogP contribution in [0.4, 0.5) is 0 Å². The Bertz CT molecular complexity index is 184.